The summed E-state index contributed by atoms with van der Waals surface area (Å²) in [6, 6.07) is 4.81. The molecule has 0 radical (unpaired) electrons. The maximum atomic E-state index is 12.4. The molecule has 8 heteroatoms. The van der Waals surface area contributed by atoms with Crippen LogP contribution in [0.4, 0.5) is 24.7 Å². The van der Waals surface area contributed by atoms with Crippen molar-refractivity contribution in [1.82, 2.24) is 9.97 Å². The normalized spacial score (nSPS) is 11.4. The van der Waals surface area contributed by atoms with Gasteiger partial charge in [-0.3, -0.25) is 0 Å². The molecule has 0 unspecified atom stereocenters. The Labute approximate surface area is 117 Å². The molecule has 1 aromatic carbocycles. The Morgan fingerprint density at radius 2 is 1.80 bits per heavy atom. The van der Waals surface area contributed by atoms with Crippen LogP contribution in [-0.4, -0.2) is 9.97 Å². The lowest BCUT2D eigenvalue weighted by Gasteiger charge is -2.10. The molecule has 0 amide bonds. The van der Waals surface area contributed by atoms with Crippen molar-refractivity contribution in [3.05, 3.63) is 46.9 Å². The number of nitrogens with one attached hydrogen (secondary N) is 1. The Kier molecular flexibility index (Phi) is 3.99. The molecule has 0 aliphatic carbocycles. The number of halogens is 4. The summed E-state index contributed by atoms with van der Waals surface area (Å²) in [5.41, 5.74) is 5.83. The molecule has 4 nitrogen and oxygen atoms in total. The SMILES string of the molecule is Nc1c(Cl)ncnc1NCc1ccc(C(F)(F)F)cc1. The van der Waals surface area contributed by atoms with Crippen molar-refractivity contribution in [1.29, 1.82) is 0 Å². The van der Waals surface area contributed by atoms with E-state index < -0.39 is 11.7 Å². The van der Waals surface area contributed by atoms with Crippen LogP contribution in [0.3, 0.4) is 0 Å². The van der Waals surface area contributed by atoms with Gasteiger partial charge in [-0.2, -0.15) is 13.2 Å². The van der Waals surface area contributed by atoms with Gasteiger partial charge in [-0.1, -0.05) is 23.7 Å². The van der Waals surface area contributed by atoms with E-state index in [1.54, 1.807) is 0 Å². The van der Waals surface area contributed by atoms with Crippen molar-refractivity contribution in [2.75, 3.05) is 11.1 Å². The van der Waals surface area contributed by atoms with Crippen LogP contribution in [-0.2, 0) is 12.7 Å². The van der Waals surface area contributed by atoms with Crippen LogP contribution in [0, 0.1) is 0 Å². The van der Waals surface area contributed by atoms with E-state index in [1.165, 1.54) is 18.5 Å². The zero-order valence-electron chi connectivity index (χ0n) is 10.1. The van der Waals surface area contributed by atoms with Gasteiger partial charge in [-0.15, -0.1) is 0 Å². The number of nitrogens with zero attached hydrogens (tertiary/aromatic N) is 2. The van der Waals surface area contributed by atoms with Gasteiger partial charge in [0.25, 0.3) is 0 Å². The van der Waals surface area contributed by atoms with Crippen molar-refractivity contribution in [2.24, 2.45) is 0 Å². The van der Waals surface area contributed by atoms with E-state index in [2.05, 4.69) is 15.3 Å². The molecule has 0 aliphatic heterocycles. The predicted molar refractivity (Wildman–Crippen MR) is 70.2 cm³/mol. The average molecular weight is 303 g/mol. The first-order valence-electron chi connectivity index (χ1n) is 5.54. The Bertz CT molecular complexity index is 599. The average Bonchev–Trinajstić information content (AvgIpc) is 2.40. The summed E-state index contributed by atoms with van der Waals surface area (Å²) in [6.45, 7) is 0.273. The Morgan fingerprint density at radius 3 is 2.40 bits per heavy atom. The van der Waals surface area contributed by atoms with Gasteiger partial charge in [0.2, 0.25) is 0 Å². The molecule has 1 heterocycles. The molecule has 0 atom stereocenters. The lowest BCUT2D eigenvalue weighted by molar-refractivity contribution is -0.137. The molecular formula is C12H10ClF3N4. The Balaban J connectivity index is 2.06. The quantitative estimate of drug-likeness (QED) is 0.854. The number of hydrogen-bond acceptors (Lipinski definition) is 4. The van der Waals surface area contributed by atoms with Gasteiger partial charge in [0.1, 0.15) is 12.0 Å². The smallest absolute Gasteiger partial charge is 0.393 e. The lowest BCUT2D eigenvalue weighted by Crippen LogP contribution is -2.07. The predicted octanol–water partition coefficient (Wildman–Crippen LogP) is 3.34. The largest absolute Gasteiger partial charge is 0.416 e. The van der Waals surface area contributed by atoms with Crippen LogP contribution in [0.1, 0.15) is 11.1 Å². The summed E-state index contributed by atoms with van der Waals surface area (Å²) in [7, 11) is 0. The first-order valence-corrected chi connectivity index (χ1v) is 5.91. The third-order valence-electron chi connectivity index (χ3n) is 2.58. The molecular weight excluding hydrogens is 293 g/mol. The van der Waals surface area contributed by atoms with E-state index in [0.29, 0.717) is 11.4 Å². The molecule has 0 fully saturated rings. The Hall–Kier alpha value is -2.02. The fourth-order valence-electron chi connectivity index (χ4n) is 1.51. The first-order chi connectivity index (χ1) is 9.38. The van der Waals surface area contributed by atoms with E-state index in [9.17, 15) is 13.2 Å². The van der Waals surface area contributed by atoms with Gasteiger partial charge in [0.05, 0.1) is 5.56 Å². The number of benzene rings is 1. The molecule has 2 aromatic rings. The zero-order valence-corrected chi connectivity index (χ0v) is 10.8. The van der Waals surface area contributed by atoms with Crippen LogP contribution in [0.2, 0.25) is 5.15 Å². The monoisotopic (exact) mass is 302 g/mol. The number of aromatic nitrogens is 2. The maximum absolute atomic E-state index is 12.4. The number of hydrogen-bond donors (Lipinski definition) is 2. The topological polar surface area (TPSA) is 63.8 Å². The number of nitrogen functional groups attached to an aromatic ring is 1. The van der Waals surface area contributed by atoms with E-state index in [4.69, 9.17) is 17.3 Å². The third-order valence-corrected chi connectivity index (χ3v) is 2.88. The lowest BCUT2D eigenvalue weighted by atomic mass is 10.1. The molecule has 20 heavy (non-hydrogen) atoms. The van der Waals surface area contributed by atoms with Gasteiger partial charge in [-0.25, -0.2) is 9.97 Å². The first kappa shape index (κ1) is 14.4. The fraction of sp³-hybridized carbons (Fsp3) is 0.167. The third kappa shape index (κ3) is 3.30. The molecule has 0 saturated carbocycles. The second kappa shape index (κ2) is 5.54. The van der Waals surface area contributed by atoms with Crippen LogP contribution in [0.15, 0.2) is 30.6 Å². The van der Waals surface area contributed by atoms with Gasteiger partial charge in [0, 0.05) is 6.54 Å². The van der Waals surface area contributed by atoms with E-state index in [0.717, 1.165) is 12.1 Å². The minimum atomic E-state index is -4.34. The number of nitrogens with two attached hydrogens (primary N) is 1. The van der Waals surface area contributed by atoms with Crippen molar-refractivity contribution >= 4 is 23.1 Å². The summed E-state index contributed by atoms with van der Waals surface area (Å²) in [5.74, 6) is 0.338. The van der Waals surface area contributed by atoms with E-state index >= 15 is 0 Å². The molecule has 0 saturated heterocycles. The van der Waals surface area contributed by atoms with Crippen LogP contribution in [0.25, 0.3) is 0 Å². The summed E-state index contributed by atoms with van der Waals surface area (Å²) in [4.78, 5) is 7.60. The second-order valence-corrected chi connectivity index (χ2v) is 4.33. The second-order valence-electron chi connectivity index (χ2n) is 3.97. The number of rotatable bonds is 3. The van der Waals surface area contributed by atoms with Crippen molar-refractivity contribution < 1.29 is 13.2 Å². The highest BCUT2D eigenvalue weighted by Gasteiger charge is 2.29. The highest BCUT2D eigenvalue weighted by molar-refractivity contribution is 6.32. The summed E-state index contributed by atoms with van der Waals surface area (Å²) in [6.07, 6.45) is -3.09. The standard InChI is InChI=1S/C12H10ClF3N4/c13-10-9(17)11(20-6-19-10)18-5-7-1-3-8(4-2-7)12(14,15)16/h1-4,6H,5,17H2,(H,18,19,20). The van der Waals surface area contributed by atoms with Crippen molar-refractivity contribution in [2.45, 2.75) is 12.7 Å². The van der Waals surface area contributed by atoms with Crippen molar-refractivity contribution in [3.8, 4) is 0 Å². The van der Waals surface area contributed by atoms with Crippen LogP contribution < -0.4 is 11.1 Å². The highest BCUT2D eigenvalue weighted by atomic mass is 35.5. The molecule has 0 bridgehead atoms. The minimum Gasteiger partial charge on any atom is -0.393 e. The summed E-state index contributed by atoms with van der Waals surface area (Å²) < 4.78 is 37.2. The molecule has 1 aromatic heterocycles. The highest BCUT2D eigenvalue weighted by Crippen LogP contribution is 2.29. The van der Waals surface area contributed by atoms with E-state index in [1.807, 2.05) is 0 Å². The molecule has 106 valence electrons. The summed E-state index contributed by atoms with van der Waals surface area (Å²) >= 11 is 5.73. The van der Waals surface area contributed by atoms with Gasteiger partial charge < -0.3 is 11.1 Å². The van der Waals surface area contributed by atoms with Crippen LogP contribution >= 0.6 is 11.6 Å². The maximum Gasteiger partial charge on any atom is 0.416 e. The minimum absolute atomic E-state index is 0.120. The van der Waals surface area contributed by atoms with Gasteiger partial charge in [-0.05, 0) is 17.7 Å². The number of alkyl halides is 3. The van der Waals surface area contributed by atoms with E-state index in [-0.39, 0.29) is 17.4 Å². The van der Waals surface area contributed by atoms with Gasteiger partial charge >= 0.3 is 6.18 Å². The molecule has 2 rings (SSSR count). The fourth-order valence-corrected chi connectivity index (χ4v) is 1.65. The molecule has 0 spiro atoms. The van der Waals surface area contributed by atoms with Gasteiger partial charge in [0.15, 0.2) is 11.0 Å². The molecule has 0 aliphatic rings. The number of anilines is 2. The van der Waals surface area contributed by atoms with Crippen molar-refractivity contribution in [3.63, 3.8) is 0 Å². The zero-order chi connectivity index (χ0) is 14.8. The summed E-state index contributed by atoms with van der Waals surface area (Å²) in [5, 5.41) is 3.01. The molecule has 3 N–H and O–H groups in total. The van der Waals surface area contributed by atoms with Crippen LogP contribution in [0.5, 0.6) is 0 Å². The Morgan fingerprint density at radius 1 is 1.15 bits per heavy atom.